The normalized spacial score (nSPS) is 13.6. The molecule has 20 heavy (non-hydrogen) atoms. The average molecular weight is 292 g/mol. The minimum Gasteiger partial charge on any atom is -0.463 e. The van der Waals surface area contributed by atoms with Crippen LogP contribution in [0.25, 0.3) is 0 Å². The van der Waals surface area contributed by atoms with Crippen LogP contribution in [0, 0.1) is 18.3 Å². The summed E-state index contributed by atoms with van der Waals surface area (Å²) in [5.74, 6) is 1.67. The molecule has 5 nitrogen and oxygen atoms in total. The fraction of sp³-hybridized carbons (Fsp3) is 0.286. The molecule has 1 unspecified atom stereocenters. The lowest BCUT2D eigenvalue weighted by atomic mass is 10.0. The van der Waals surface area contributed by atoms with Gasteiger partial charge in [0, 0.05) is 0 Å². The molecule has 0 spiro atoms. The Bertz CT molecular complexity index is 659. The lowest BCUT2D eigenvalue weighted by molar-refractivity contribution is 0.0467. The van der Waals surface area contributed by atoms with E-state index in [4.69, 9.17) is 21.3 Å². The van der Waals surface area contributed by atoms with Crippen LogP contribution in [0.1, 0.15) is 24.1 Å². The summed E-state index contributed by atoms with van der Waals surface area (Å²) in [5, 5.41) is 22.5. The van der Waals surface area contributed by atoms with Crippen LogP contribution in [0.4, 0.5) is 5.82 Å². The van der Waals surface area contributed by atoms with Gasteiger partial charge in [0.2, 0.25) is 0 Å². The third-order valence-electron chi connectivity index (χ3n) is 2.84. The molecule has 104 valence electrons. The van der Waals surface area contributed by atoms with Gasteiger partial charge in [-0.2, -0.15) is 5.26 Å². The first-order valence-electron chi connectivity index (χ1n) is 6.02. The number of hydrogen-bond donors (Lipinski definition) is 2. The van der Waals surface area contributed by atoms with Crippen LogP contribution in [0.15, 0.2) is 28.7 Å². The Morgan fingerprint density at radius 1 is 1.45 bits per heavy atom. The number of hydrogen-bond acceptors (Lipinski definition) is 5. The van der Waals surface area contributed by atoms with Crippen LogP contribution in [-0.4, -0.2) is 16.6 Å². The van der Waals surface area contributed by atoms with E-state index in [-0.39, 0.29) is 12.2 Å². The summed E-state index contributed by atoms with van der Waals surface area (Å²) in [6.45, 7) is 3.64. The third-order valence-corrected chi connectivity index (χ3v) is 3.14. The van der Waals surface area contributed by atoms with Crippen LogP contribution < -0.4 is 5.32 Å². The van der Waals surface area contributed by atoms with Gasteiger partial charge in [-0.05, 0) is 38.1 Å². The number of furan rings is 1. The van der Waals surface area contributed by atoms with E-state index in [9.17, 15) is 5.11 Å². The Morgan fingerprint density at radius 2 is 2.20 bits per heavy atom. The van der Waals surface area contributed by atoms with E-state index in [1.807, 2.05) is 13.0 Å². The Kier molecular flexibility index (Phi) is 3.98. The molecule has 0 saturated carbocycles. The molecule has 0 amide bonds. The van der Waals surface area contributed by atoms with Crippen molar-refractivity contribution in [2.45, 2.75) is 19.4 Å². The molecule has 0 fully saturated rings. The SMILES string of the molecule is Cc1ccc(C(C)(O)CNc2ccc(Cl)c(C#N)n2)o1. The molecule has 2 aromatic heterocycles. The number of aryl methyl sites for hydroxylation is 1. The van der Waals surface area contributed by atoms with Crippen LogP contribution in [-0.2, 0) is 5.60 Å². The molecule has 2 heterocycles. The molecule has 2 aromatic rings. The number of rotatable bonds is 4. The number of anilines is 1. The van der Waals surface area contributed by atoms with E-state index in [0.29, 0.717) is 16.6 Å². The highest BCUT2D eigenvalue weighted by Crippen LogP contribution is 2.23. The summed E-state index contributed by atoms with van der Waals surface area (Å²) >= 11 is 5.81. The number of aliphatic hydroxyl groups is 1. The minimum atomic E-state index is -1.18. The molecule has 2 N–H and O–H groups in total. The molecule has 0 aliphatic heterocycles. The van der Waals surface area contributed by atoms with Crippen LogP contribution in [0.5, 0.6) is 0 Å². The third kappa shape index (κ3) is 3.10. The summed E-state index contributed by atoms with van der Waals surface area (Å²) < 4.78 is 5.42. The van der Waals surface area contributed by atoms with Crippen molar-refractivity contribution >= 4 is 17.4 Å². The largest absolute Gasteiger partial charge is 0.463 e. The predicted molar refractivity (Wildman–Crippen MR) is 75.5 cm³/mol. The number of nitrogens with zero attached hydrogens (tertiary/aromatic N) is 2. The van der Waals surface area contributed by atoms with Crippen molar-refractivity contribution in [1.82, 2.24) is 4.98 Å². The van der Waals surface area contributed by atoms with Crippen LogP contribution >= 0.6 is 11.6 Å². The Hall–Kier alpha value is -2.03. The van der Waals surface area contributed by atoms with Crippen LogP contribution in [0.2, 0.25) is 5.02 Å². The topological polar surface area (TPSA) is 82.1 Å². The molecule has 0 aromatic carbocycles. The lowest BCUT2D eigenvalue weighted by Gasteiger charge is -2.21. The van der Waals surface area contributed by atoms with Crippen molar-refractivity contribution in [1.29, 1.82) is 5.26 Å². The fourth-order valence-electron chi connectivity index (χ4n) is 1.69. The van der Waals surface area contributed by atoms with E-state index in [1.165, 1.54) is 0 Å². The van der Waals surface area contributed by atoms with Crippen molar-refractivity contribution in [3.63, 3.8) is 0 Å². The predicted octanol–water partition coefficient (Wildman–Crippen LogP) is 2.83. The monoisotopic (exact) mass is 291 g/mol. The summed E-state index contributed by atoms with van der Waals surface area (Å²) in [6, 6.07) is 8.65. The molecule has 0 aliphatic rings. The van der Waals surface area contributed by atoms with Gasteiger partial charge < -0.3 is 14.8 Å². The van der Waals surface area contributed by atoms with Crippen molar-refractivity contribution < 1.29 is 9.52 Å². The molecule has 1 atom stereocenters. The highest BCUT2D eigenvalue weighted by molar-refractivity contribution is 6.31. The second-order valence-corrected chi connectivity index (χ2v) is 5.08. The Labute approximate surface area is 121 Å². The maximum absolute atomic E-state index is 10.4. The van der Waals surface area contributed by atoms with Gasteiger partial charge in [0.15, 0.2) is 5.69 Å². The van der Waals surface area contributed by atoms with Gasteiger partial charge in [-0.15, -0.1) is 0 Å². The summed E-state index contributed by atoms with van der Waals surface area (Å²) in [5.41, 5.74) is -1.03. The molecule has 0 bridgehead atoms. The number of nitrogens with one attached hydrogen (secondary N) is 1. The highest BCUT2D eigenvalue weighted by atomic mass is 35.5. The van der Waals surface area contributed by atoms with E-state index >= 15 is 0 Å². The lowest BCUT2D eigenvalue weighted by Crippen LogP contribution is -2.30. The van der Waals surface area contributed by atoms with Gasteiger partial charge in [0.25, 0.3) is 0 Å². The minimum absolute atomic E-state index is 0.144. The molecule has 0 saturated heterocycles. The van der Waals surface area contributed by atoms with Gasteiger partial charge >= 0.3 is 0 Å². The van der Waals surface area contributed by atoms with Gasteiger partial charge in [-0.3, -0.25) is 0 Å². The van der Waals surface area contributed by atoms with Gasteiger partial charge in [-0.1, -0.05) is 11.6 Å². The van der Waals surface area contributed by atoms with E-state index < -0.39 is 5.60 Å². The first-order chi connectivity index (χ1) is 9.42. The Morgan fingerprint density at radius 3 is 2.80 bits per heavy atom. The molecule has 0 radical (unpaired) electrons. The number of halogens is 1. The van der Waals surface area contributed by atoms with Crippen molar-refractivity contribution in [2.24, 2.45) is 0 Å². The second-order valence-electron chi connectivity index (χ2n) is 4.68. The standard InChI is InChI=1S/C14H14ClN3O2/c1-9-3-5-12(20-9)14(2,19)8-17-13-6-4-10(15)11(7-16)18-13/h3-6,19H,8H2,1-2H3,(H,17,18). The zero-order valence-corrected chi connectivity index (χ0v) is 11.9. The average Bonchev–Trinajstić information content (AvgIpc) is 2.85. The fourth-order valence-corrected chi connectivity index (χ4v) is 1.84. The maximum atomic E-state index is 10.4. The van der Waals surface area contributed by atoms with Gasteiger partial charge in [-0.25, -0.2) is 4.98 Å². The van der Waals surface area contributed by atoms with Crippen molar-refractivity contribution in [3.05, 3.63) is 46.5 Å². The van der Waals surface area contributed by atoms with E-state index in [0.717, 1.165) is 5.76 Å². The van der Waals surface area contributed by atoms with E-state index in [2.05, 4.69) is 10.3 Å². The molecular weight excluding hydrogens is 278 g/mol. The maximum Gasteiger partial charge on any atom is 0.161 e. The number of pyridine rings is 1. The zero-order valence-electron chi connectivity index (χ0n) is 11.1. The quantitative estimate of drug-likeness (QED) is 0.905. The first-order valence-corrected chi connectivity index (χ1v) is 6.40. The molecule has 6 heteroatoms. The summed E-state index contributed by atoms with van der Waals surface area (Å²) in [7, 11) is 0. The molecule has 0 aliphatic carbocycles. The van der Waals surface area contributed by atoms with Crippen LogP contribution in [0.3, 0.4) is 0 Å². The van der Waals surface area contributed by atoms with Crippen molar-refractivity contribution in [2.75, 3.05) is 11.9 Å². The Balaban J connectivity index is 2.10. The van der Waals surface area contributed by atoms with E-state index in [1.54, 1.807) is 31.2 Å². The summed E-state index contributed by atoms with van der Waals surface area (Å²) in [6.07, 6.45) is 0. The highest BCUT2D eigenvalue weighted by Gasteiger charge is 2.26. The number of nitriles is 1. The second kappa shape index (κ2) is 5.53. The first kappa shape index (κ1) is 14.4. The van der Waals surface area contributed by atoms with Gasteiger partial charge in [0.1, 0.15) is 29.0 Å². The summed E-state index contributed by atoms with van der Waals surface area (Å²) in [4.78, 5) is 4.05. The van der Waals surface area contributed by atoms with Gasteiger partial charge in [0.05, 0.1) is 11.6 Å². The molecule has 2 rings (SSSR count). The smallest absolute Gasteiger partial charge is 0.161 e. The van der Waals surface area contributed by atoms with Crippen molar-refractivity contribution in [3.8, 4) is 6.07 Å². The zero-order chi connectivity index (χ0) is 14.8. The molecular formula is C14H14ClN3O2. The number of aromatic nitrogens is 1.